The van der Waals surface area contributed by atoms with Crippen LogP contribution in [-0.2, 0) is 0 Å². The zero-order chi connectivity index (χ0) is 31.9. The van der Waals surface area contributed by atoms with E-state index in [0.717, 1.165) is 39.0 Å². The summed E-state index contributed by atoms with van der Waals surface area (Å²) in [5.41, 5.74) is 12.2. The van der Waals surface area contributed by atoms with Crippen molar-refractivity contribution < 1.29 is 4.42 Å². The highest BCUT2D eigenvalue weighted by atomic mass is 16.3. The Morgan fingerprint density at radius 2 is 0.854 bits per heavy atom. The lowest BCUT2D eigenvalue weighted by Crippen LogP contribution is -2.10. The summed E-state index contributed by atoms with van der Waals surface area (Å²) < 4.78 is 6.20. The number of hydrogen-bond donors (Lipinski definition) is 0. The second kappa shape index (κ2) is 11.8. The summed E-state index contributed by atoms with van der Waals surface area (Å²) in [5.74, 6) is 0. The molecule has 1 heterocycles. The van der Waals surface area contributed by atoms with Crippen molar-refractivity contribution in [3.8, 4) is 33.4 Å². The van der Waals surface area contributed by atoms with E-state index in [-0.39, 0.29) is 0 Å². The Balaban J connectivity index is 1.16. The summed E-state index contributed by atoms with van der Waals surface area (Å²) in [6.45, 7) is 0. The van der Waals surface area contributed by atoms with Crippen LogP contribution in [0.1, 0.15) is 0 Å². The van der Waals surface area contributed by atoms with Crippen molar-refractivity contribution in [2.24, 2.45) is 0 Å². The van der Waals surface area contributed by atoms with E-state index >= 15 is 0 Å². The van der Waals surface area contributed by atoms with Crippen LogP contribution in [0.2, 0.25) is 0 Å². The number of para-hydroxylation sites is 1. The van der Waals surface area contributed by atoms with E-state index in [9.17, 15) is 0 Å². The van der Waals surface area contributed by atoms with E-state index in [0.29, 0.717) is 0 Å². The molecule has 9 aromatic rings. The summed E-state index contributed by atoms with van der Waals surface area (Å²) in [5, 5.41) is 4.71. The average Bonchev–Trinajstić information content (AvgIpc) is 3.54. The largest absolute Gasteiger partial charge is 0.456 e. The average molecular weight is 614 g/mol. The molecule has 9 rings (SSSR count). The van der Waals surface area contributed by atoms with Crippen LogP contribution in [0, 0.1) is 0 Å². The standard InChI is InChI=1S/C46H31NO/c1-2-10-32(11-3-1)36-14-8-15-37(28-36)34-22-24-40(25-23-34)47(42-26-27-46-44(31-42)43-18-6-7-19-45(43)48-46)41-17-9-16-38(30-41)39-21-20-33-12-4-5-13-35(33)29-39/h1-31H. The Morgan fingerprint density at radius 3 is 1.69 bits per heavy atom. The second-order valence-corrected chi connectivity index (χ2v) is 12.2. The summed E-state index contributed by atoms with van der Waals surface area (Å²) >= 11 is 0. The fourth-order valence-electron chi connectivity index (χ4n) is 6.81. The minimum absolute atomic E-state index is 0.887. The first-order chi connectivity index (χ1) is 23.8. The first-order valence-electron chi connectivity index (χ1n) is 16.3. The number of rotatable bonds is 6. The fraction of sp³-hybridized carbons (Fsp3) is 0. The molecule has 2 nitrogen and oxygen atoms in total. The molecule has 8 aromatic carbocycles. The smallest absolute Gasteiger partial charge is 0.135 e. The molecular formula is C46H31NO. The Hall–Kier alpha value is -6.38. The van der Waals surface area contributed by atoms with E-state index in [2.05, 4.69) is 181 Å². The predicted molar refractivity (Wildman–Crippen MR) is 202 cm³/mol. The molecular weight excluding hydrogens is 583 g/mol. The lowest BCUT2D eigenvalue weighted by atomic mass is 9.98. The van der Waals surface area contributed by atoms with Crippen molar-refractivity contribution in [2.75, 3.05) is 4.90 Å². The highest BCUT2D eigenvalue weighted by Gasteiger charge is 2.17. The van der Waals surface area contributed by atoms with Gasteiger partial charge in [0, 0.05) is 27.8 Å². The maximum atomic E-state index is 6.20. The summed E-state index contributed by atoms with van der Waals surface area (Å²) in [4.78, 5) is 2.34. The molecule has 0 radical (unpaired) electrons. The minimum Gasteiger partial charge on any atom is -0.456 e. The molecule has 226 valence electrons. The number of nitrogens with zero attached hydrogens (tertiary/aromatic N) is 1. The van der Waals surface area contributed by atoms with Crippen molar-refractivity contribution in [3.05, 3.63) is 188 Å². The van der Waals surface area contributed by atoms with Crippen LogP contribution >= 0.6 is 0 Å². The molecule has 1 aromatic heterocycles. The third kappa shape index (κ3) is 5.10. The fourth-order valence-corrected chi connectivity index (χ4v) is 6.81. The maximum Gasteiger partial charge on any atom is 0.135 e. The van der Waals surface area contributed by atoms with Crippen molar-refractivity contribution >= 4 is 49.8 Å². The molecule has 0 aliphatic rings. The van der Waals surface area contributed by atoms with Gasteiger partial charge in [0.05, 0.1) is 0 Å². The van der Waals surface area contributed by atoms with Gasteiger partial charge in [0.25, 0.3) is 0 Å². The van der Waals surface area contributed by atoms with E-state index in [4.69, 9.17) is 4.42 Å². The summed E-state index contributed by atoms with van der Waals surface area (Å²) in [6.07, 6.45) is 0. The van der Waals surface area contributed by atoms with Gasteiger partial charge in [0.1, 0.15) is 11.2 Å². The van der Waals surface area contributed by atoms with Crippen molar-refractivity contribution in [1.29, 1.82) is 0 Å². The molecule has 0 amide bonds. The Bertz CT molecular complexity index is 2560. The number of fused-ring (bicyclic) bond motifs is 4. The monoisotopic (exact) mass is 613 g/mol. The first kappa shape index (κ1) is 27.9. The molecule has 0 atom stereocenters. The van der Waals surface area contributed by atoms with Crippen LogP contribution in [0.25, 0.3) is 66.1 Å². The molecule has 0 bridgehead atoms. The minimum atomic E-state index is 0.887. The predicted octanol–water partition coefficient (Wildman–Crippen LogP) is 13.2. The van der Waals surface area contributed by atoms with E-state index in [1.54, 1.807) is 0 Å². The van der Waals surface area contributed by atoms with Gasteiger partial charge in [-0.1, -0.05) is 127 Å². The molecule has 0 unspecified atom stereocenters. The Labute approximate surface area is 279 Å². The van der Waals surface area contributed by atoms with Gasteiger partial charge in [-0.3, -0.25) is 0 Å². The Kier molecular flexibility index (Phi) is 6.84. The lowest BCUT2D eigenvalue weighted by molar-refractivity contribution is 0.669. The van der Waals surface area contributed by atoms with Gasteiger partial charge >= 0.3 is 0 Å². The van der Waals surface area contributed by atoms with Crippen LogP contribution in [0.4, 0.5) is 17.1 Å². The number of benzene rings is 8. The number of furan rings is 1. The van der Waals surface area contributed by atoms with Crippen LogP contribution < -0.4 is 4.90 Å². The molecule has 2 heteroatoms. The van der Waals surface area contributed by atoms with Gasteiger partial charge < -0.3 is 9.32 Å². The van der Waals surface area contributed by atoms with E-state index in [1.165, 1.54) is 44.2 Å². The number of hydrogen-bond acceptors (Lipinski definition) is 2. The zero-order valence-electron chi connectivity index (χ0n) is 26.3. The van der Waals surface area contributed by atoms with Crippen LogP contribution in [0.3, 0.4) is 0 Å². The zero-order valence-corrected chi connectivity index (χ0v) is 26.3. The molecule has 0 saturated carbocycles. The normalized spacial score (nSPS) is 11.3. The molecule has 0 N–H and O–H groups in total. The topological polar surface area (TPSA) is 16.4 Å². The highest BCUT2D eigenvalue weighted by Crippen LogP contribution is 2.40. The molecule has 0 spiro atoms. The van der Waals surface area contributed by atoms with Crippen LogP contribution in [0.15, 0.2) is 192 Å². The molecule has 0 saturated heterocycles. The van der Waals surface area contributed by atoms with E-state index < -0.39 is 0 Å². The molecule has 0 fully saturated rings. The molecule has 0 aliphatic heterocycles. The third-order valence-corrected chi connectivity index (χ3v) is 9.23. The SMILES string of the molecule is c1ccc(-c2cccc(-c3ccc(N(c4cccc(-c5ccc6ccccc6c5)c4)c4ccc5oc6ccccc6c5c4)cc3)c2)cc1. The van der Waals surface area contributed by atoms with Crippen LogP contribution in [-0.4, -0.2) is 0 Å². The van der Waals surface area contributed by atoms with Gasteiger partial charge in [-0.15, -0.1) is 0 Å². The van der Waals surface area contributed by atoms with Gasteiger partial charge in [0.2, 0.25) is 0 Å². The van der Waals surface area contributed by atoms with Gasteiger partial charge in [-0.05, 0) is 105 Å². The van der Waals surface area contributed by atoms with E-state index in [1.807, 2.05) is 12.1 Å². The van der Waals surface area contributed by atoms with Gasteiger partial charge in [-0.2, -0.15) is 0 Å². The van der Waals surface area contributed by atoms with Crippen molar-refractivity contribution in [3.63, 3.8) is 0 Å². The third-order valence-electron chi connectivity index (χ3n) is 9.23. The van der Waals surface area contributed by atoms with Gasteiger partial charge in [0.15, 0.2) is 0 Å². The summed E-state index contributed by atoms with van der Waals surface area (Å²) in [7, 11) is 0. The molecule has 48 heavy (non-hydrogen) atoms. The van der Waals surface area contributed by atoms with Crippen molar-refractivity contribution in [1.82, 2.24) is 0 Å². The first-order valence-corrected chi connectivity index (χ1v) is 16.3. The molecule has 0 aliphatic carbocycles. The highest BCUT2D eigenvalue weighted by molar-refractivity contribution is 6.06. The van der Waals surface area contributed by atoms with Crippen LogP contribution in [0.5, 0.6) is 0 Å². The van der Waals surface area contributed by atoms with Crippen molar-refractivity contribution in [2.45, 2.75) is 0 Å². The Morgan fingerprint density at radius 1 is 0.292 bits per heavy atom. The lowest BCUT2D eigenvalue weighted by Gasteiger charge is -2.26. The quantitative estimate of drug-likeness (QED) is 0.185. The second-order valence-electron chi connectivity index (χ2n) is 12.2. The summed E-state index contributed by atoms with van der Waals surface area (Å²) in [6, 6.07) is 67.0. The maximum absolute atomic E-state index is 6.20. The van der Waals surface area contributed by atoms with Gasteiger partial charge in [-0.25, -0.2) is 0 Å². The number of anilines is 3.